The van der Waals surface area contributed by atoms with E-state index in [2.05, 4.69) is 17.6 Å². The molecule has 106 valence electrons. The minimum Gasteiger partial charge on any atom is -0.466 e. The van der Waals surface area contributed by atoms with Gasteiger partial charge in [0.2, 0.25) is 0 Å². The first-order valence-electron chi connectivity index (χ1n) is 6.67. The molecule has 0 radical (unpaired) electrons. The fraction of sp³-hybridized carbons (Fsp3) is 0.312. The van der Waals surface area contributed by atoms with Gasteiger partial charge in [0, 0.05) is 11.7 Å². The van der Waals surface area contributed by atoms with Crippen LogP contribution < -0.4 is 10.6 Å². The molecule has 20 heavy (non-hydrogen) atoms. The Hall–Kier alpha value is -2.07. The smallest absolute Gasteiger partial charge is 0.259 e. The van der Waals surface area contributed by atoms with Crippen molar-refractivity contribution in [1.82, 2.24) is 5.32 Å². The summed E-state index contributed by atoms with van der Waals surface area (Å²) in [4.78, 5) is 12.2. The molecule has 1 aromatic heterocycles. The largest absolute Gasteiger partial charge is 0.466 e. The SMILES string of the molecule is CNC(C)c1cccc(NC(=O)c2cc(C)oc2C)c1. The van der Waals surface area contributed by atoms with Crippen LogP contribution in [0.1, 0.15) is 40.4 Å². The lowest BCUT2D eigenvalue weighted by Crippen LogP contribution is -2.14. The van der Waals surface area contributed by atoms with E-state index in [9.17, 15) is 4.79 Å². The Bertz CT molecular complexity index is 617. The maximum Gasteiger partial charge on any atom is 0.259 e. The zero-order valence-corrected chi connectivity index (χ0v) is 12.3. The molecule has 2 N–H and O–H groups in total. The molecule has 1 aromatic carbocycles. The molecule has 0 bridgehead atoms. The predicted molar refractivity (Wildman–Crippen MR) is 80.1 cm³/mol. The van der Waals surface area contributed by atoms with Crippen molar-refractivity contribution in [2.75, 3.05) is 12.4 Å². The second kappa shape index (κ2) is 5.92. The summed E-state index contributed by atoms with van der Waals surface area (Å²) in [7, 11) is 1.91. The minimum atomic E-state index is -0.145. The van der Waals surface area contributed by atoms with Gasteiger partial charge in [-0.15, -0.1) is 0 Å². The van der Waals surface area contributed by atoms with Crippen LogP contribution in [0.4, 0.5) is 5.69 Å². The third-order valence-corrected chi connectivity index (χ3v) is 3.36. The Kier molecular flexibility index (Phi) is 4.25. The molecule has 1 heterocycles. The van der Waals surface area contributed by atoms with Gasteiger partial charge in [-0.1, -0.05) is 12.1 Å². The summed E-state index contributed by atoms with van der Waals surface area (Å²) in [5.74, 6) is 1.23. The average molecular weight is 272 g/mol. The molecule has 0 aliphatic heterocycles. The Morgan fingerprint density at radius 2 is 2.00 bits per heavy atom. The van der Waals surface area contributed by atoms with E-state index in [4.69, 9.17) is 4.42 Å². The number of furan rings is 1. The highest BCUT2D eigenvalue weighted by molar-refractivity contribution is 6.05. The first kappa shape index (κ1) is 14.3. The van der Waals surface area contributed by atoms with Crippen molar-refractivity contribution in [3.8, 4) is 0 Å². The molecule has 0 saturated carbocycles. The number of benzene rings is 1. The van der Waals surface area contributed by atoms with E-state index >= 15 is 0 Å². The van der Waals surface area contributed by atoms with Crippen molar-refractivity contribution >= 4 is 11.6 Å². The van der Waals surface area contributed by atoms with Gasteiger partial charge in [-0.2, -0.15) is 0 Å². The second-order valence-electron chi connectivity index (χ2n) is 4.92. The van der Waals surface area contributed by atoms with Crippen LogP contribution in [0.15, 0.2) is 34.7 Å². The van der Waals surface area contributed by atoms with Crippen molar-refractivity contribution in [2.45, 2.75) is 26.8 Å². The molecule has 2 aromatic rings. The third-order valence-electron chi connectivity index (χ3n) is 3.36. The zero-order chi connectivity index (χ0) is 14.7. The molecular formula is C16H20N2O2. The maximum atomic E-state index is 12.2. The molecule has 0 fully saturated rings. The van der Waals surface area contributed by atoms with Crippen molar-refractivity contribution in [1.29, 1.82) is 0 Å². The molecule has 0 spiro atoms. The summed E-state index contributed by atoms with van der Waals surface area (Å²) in [6.45, 7) is 5.70. The zero-order valence-electron chi connectivity index (χ0n) is 12.3. The third kappa shape index (κ3) is 3.08. The highest BCUT2D eigenvalue weighted by Gasteiger charge is 2.14. The van der Waals surface area contributed by atoms with E-state index in [-0.39, 0.29) is 11.9 Å². The molecule has 4 nitrogen and oxygen atoms in total. The normalized spacial score (nSPS) is 12.2. The monoisotopic (exact) mass is 272 g/mol. The van der Waals surface area contributed by atoms with E-state index in [0.29, 0.717) is 11.3 Å². The van der Waals surface area contributed by atoms with Crippen molar-refractivity contribution in [3.63, 3.8) is 0 Å². The maximum absolute atomic E-state index is 12.2. The van der Waals surface area contributed by atoms with Crippen LogP contribution >= 0.6 is 0 Å². The number of nitrogens with one attached hydrogen (secondary N) is 2. The van der Waals surface area contributed by atoms with Crippen LogP contribution in [-0.2, 0) is 0 Å². The molecule has 4 heteroatoms. The highest BCUT2D eigenvalue weighted by Crippen LogP contribution is 2.19. The molecule has 0 saturated heterocycles. The standard InChI is InChI=1S/C16H20N2O2/c1-10-8-15(12(3)20-10)16(19)18-14-7-5-6-13(9-14)11(2)17-4/h5-9,11,17H,1-4H3,(H,18,19). The summed E-state index contributed by atoms with van der Waals surface area (Å²) in [5, 5.41) is 6.08. The summed E-state index contributed by atoms with van der Waals surface area (Å²) >= 11 is 0. The van der Waals surface area contributed by atoms with E-state index in [0.717, 1.165) is 17.0 Å². The predicted octanol–water partition coefficient (Wildman–Crippen LogP) is 3.43. The first-order chi connectivity index (χ1) is 9.51. The van der Waals surface area contributed by atoms with E-state index in [1.807, 2.05) is 38.2 Å². The molecular weight excluding hydrogens is 252 g/mol. The van der Waals surface area contributed by atoms with Gasteiger partial charge in [0.25, 0.3) is 5.91 Å². The van der Waals surface area contributed by atoms with Gasteiger partial charge in [0.15, 0.2) is 0 Å². The van der Waals surface area contributed by atoms with Crippen molar-refractivity contribution in [2.24, 2.45) is 0 Å². The topological polar surface area (TPSA) is 54.3 Å². The number of aryl methyl sites for hydroxylation is 2. The van der Waals surface area contributed by atoms with Crippen LogP contribution in [-0.4, -0.2) is 13.0 Å². The molecule has 0 aliphatic carbocycles. The molecule has 1 amide bonds. The van der Waals surface area contributed by atoms with Crippen LogP contribution in [0.5, 0.6) is 0 Å². The lowest BCUT2D eigenvalue weighted by Gasteiger charge is -2.12. The Balaban J connectivity index is 2.18. The van der Waals surface area contributed by atoms with Gasteiger partial charge in [-0.25, -0.2) is 0 Å². The van der Waals surface area contributed by atoms with Gasteiger partial charge in [0.05, 0.1) is 5.56 Å². The lowest BCUT2D eigenvalue weighted by molar-refractivity contribution is 0.102. The molecule has 2 rings (SSSR count). The number of hydrogen-bond acceptors (Lipinski definition) is 3. The molecule has 0 aliphatic rings. The van der Waals surface area contributed by atoms with E-state index < -0.39 is 0 Å². The van der Waals surface area contributed by atoms with Crippen LogP contribution in [0, 0.1) is 13.8 Å². The Morgan fingerprint density at radius 1 is 1.25 bits per heavy atom. The van der Waals surface area contributed by atoms with Gasteiger partial charge < -0.3 is 15.1 Å². The number of amides is 1. The van der Waals surface area contributed by atoms with Gasteiger partial charge >= 0.3 is 0 Å². The summed E-state index contributed by atoms with van der Waals surface area (Å²) in [6.07, 6.45) is 0. The second-order valence-corrected chi connectivity index (χ2v) is 4.92. The van der Waals surface area contributed by atoms with Crippen LogP contribution in [0.25, 0.3) is 0 Å². The number of rotatable bonds is 4. The van der Waals surface area contributed by atoms with Crippen LogP contribution in [0.2, 0.25) is 0 Å². The lowest BCUT2D eigenvalue weighted by atomic mass is 10.1. The fourth-order valence-electron chi connectivity index (χ4n) is 2.11. The Labute approximate surface area is 119 Å². The van der Waals surface area contributed by atoms with Gasteiger partial charge in [0.1, 0.15) is 11.5 Å². The van der Waals surface area contributed by atoms with E-state index in [1.165, 1.54) is 0 Å². The van der Waals surface area contributed by atoms with Gasteiger partial charge in [-0.3, -0.25) is 4.79 Å². The molecule has 1 atom stereocenters. The van der Waals surface area contributed by atoms with Crippen molar-refractivity contribution in [3.05, 3.63) is 53.0 Å². The van der Waals surface area contributed by atoms with Gasteiger partial charge in [-0.05, 0) is 51.6 Å². The molecule has 1 unspecified atom stereocenters. The summed E-state index contributed by atoms with van der Waals surface area (Å²) in [6, 6.07) is 9.82. The number of anilines is 1. The quantitative estimate of drug-likeness (QED) is 0.896. The Morgan fingerprint density at radius 3 is 2.60 bits per heavy atom. The minimum absolute atomic E-state index is 0.145. The van der Waals surface area contributed by atoms with E-state index in [1.54, 1.807) is 13.0 Å². The highest BCUT2D eigenvalue weighted by atomic mass is 16.3. The average Bonchev–Trinajstić information content (AvgIpc) is 2.77. The first-order valence-corrected chi connectivity index (χ1v) is 6.67. The van der Waals surface area contributed by atoms with Crippen LogP contribution in [0.3, 0.4) is 0 Å². The summed E-state index contributed by atoms with van der Waals surface area (Å²) < 4.78 is 5.38. The van der Waals surface area contributed by atoms with Crippen molar-refractivity contribution < 1.29 is 9.21 Å². The number of carbonyl (C=O) groups excluding carboxylic acids is 1. The number of carbonyl (C=O) groups is 1. The number of hydrogen-bond donors (Lipinski definition) is 2. The fourth-order valence-corrected chi connectivity index (χ4v) is 2.11. The summed E-state index contributed by atoms with van der Waals surface area (Å²) in [5.41, 5.74) is 2.49.